The average molecular weight is 196 g/mol. The van der Waals surface area contributed by atoms with Gasteiger partial charge in [-0.15, -0.1) is 0 Å². The van der Waals surface area contributed by atoms with Gasteiger partial charge in [-0.3, -0.25) is 4.79 Å². The molecule has 1 heterocycles. The van der Waals surface area contributed by atoms with Crippen molar-refractivity contribution in [2.24, 2.45) is 0 Å². The van der Waals surface area contributed by atoms with E-state index in [9.17, 15) is 4.79 Å². The van der Waals surface area contributed by atoms with Crippen LogP contribution < -0.4 is 0 Å². The van der Waals surface area contributed by atoms with Gasteiger partial charge in [-0.25, -0.2) is 0 Å². The summed E-state index contributed by atoms with van der Waals surface area (Å²) in [7, 11) is 0. The molecule has 2 N–H and O–H groups in total. The fourth-order valence-corrected chi connectivity index (χ4v) is 1.70. The molecular formula is C10H16N2O2. The molecule has 0 radical (unpaired) electrons. The molecule has 1 rings (SSSR count). The van der Waals surface area contributed by atoms with Crippen molar-refractivity contribution in [2.45, 2.75) is 32.7 Å². The minimum absolute atomic E-state index is 0.0961. The molecule has 1 fully saturated rings. The van der Waals surface area contributed by atoms with E-state index in [-0.39, 0.29) is 23.2 Å². The average Bonchev–Trinajstić information content (AvgIpc) is 2.51. The first-order valence-corrected chi connectivity index (χ1v) is 4.78. The molecule has 1 amide bonds. The van der Waals surface area contributed by atoms with E-state index in [1.807, 2.05) is 6.92 Å². The Balaban J connectivity index is 2.78. The minimum atomic E-state index is -0.231. The van der Waals surface area contributed by atoms with Crippen LogP contribution >= 0.6 is 0 Å². The van der Waals surface area contributed by atoms with E-state index >= 15 is 0 Å². The molecule has 4 nitrogen and oxygen atoms in total. The number of hydrogen-bond donors (Lipinski definition) is 2. The van der Waals surface area contributed by atoms with Crippen LogP contribution in [0.25, 0.3) is 0 Å². The maximum Gasteiger partial charge on any atom is 0.259 e. The lowest BCUT2D eigenvalue weighted by Crippen LogP contribution is -2.36. The predicted molar refractivity (Wildman–Crippen MR) is 54.5 cm³/mol. The molecule has 0 aromatic heterocycles. The van der Waals surface area contributed by atoms with Gasteiger partial charge < -0.3 is 15.4 Å². The highest BCUT2D eigenvalue weighted by molar-refractivity contribution is 6.19. The summed E-state index contributed by atoms with van der Waals surface area (Å²) >= 11 is 0. The number of likely N-dealkylation sites (tertiary alicyclic amines) is 1. The summed E-state index contributed by atoms with van der Waals surface area (Å²) in [5.74, 6) is -0.231. The highest BCUT2D eigenvalue weighted by atomic mass is 16.2. The van der Waals surface area contributed by atoms with Crippen molar-refractivity contribution in [1.29, 1.82) is 5.41 Å². The number of hydrogen-bond acceptors (Lipinski definition) is 3. The third-order valence-corrected chi connectivity index (χ3v) is 2.58. The molecular weight excluding hydrogens is 180 g/mol. The number of nitrogens with one attached hydrogen (secondary N) is 1. The number of carbonyl (C=O) groups excluding carboxylic acids is 1. The lowest BCUT2D eigenvalue weighted by Gasteiger charge is -2.22. The molecule has 14 heavy (non-hydrogen) atoms. The summed E-state index contributed by atoms with van der Waals surface area (Å²) in [5.41, 5.74) is 0.204. The molecule has 0 saturated carbocycles. The van der Waals surface area contributed by atoms with E-state index in [1.165, 1.54) is 6.92 Å². The van der Waals surface area contributed by atoms with E-state index in [1.54, 1.807) is 4.90 Å². The Labute approximate surface area is 83.7 Å². The zero-order chi connectivity index (χ0) is 10.7. The standard InChI is InChI=1S/C10H16N2O2/c1-7-4-3-5-12(7)10(14)9(6-13)8(2)11/h6-7,11,13H,3-5H2,1-2H3/b9-6+,11-8?. The Morgan fingerprint density at radius 2 is 2.29 bits per heavy atom. The molecule has 0 aliphatic carbocycles. The Morgan fingerprint density at radius 3 is 2.64 bits per heavy atom. The van der Waals surface area contributed by atoms with Gasteiger partial charge in [-0.2, -0.15) is 0 Å². The number of amides is 1. The van der Waals surface area contributed by atoms with Crippen molar-refractivity contribution >= 4 is 11.6 Å². The fourth-order valence-electron chi connectivity index (χ4n) is 1.70. The summed E-state index contributed by atoms with van der Waals surface area (Å²) in [6, 6.07) is 0.219. The molecule has 1 aliphatic rings. The van der Waals surface area contributed by atoms with E-state index in [2.05, 4.69) is 0 Å². The van der Waals surface area contributed by atoms with Crippen molar-refractivity contribution in [3.05, 3.63) is 11.8 Å². The molecule has 1 aliphatic heterocycles. The zero-order valence-corrected chi connectivity index (χ0v) is 8.58. The van der Waals surface area contributed by atoms with Crippen molar-refractivity contribution in [3.63, 3.8) is 0 Å². The minimum Gasteiger partial charge on any atom is -0.515 e. The normalized spacial score (nSPS) is 22.6. The second-order valence-corrected chi connectivity index (χ2v) is 3.66. The van der Waals surface area contributed by atoms with Crippen LogP contribution in [0.1, 0.15) is 26.7 Å². The summed E-state index contributed by atoms with van der Waals surface area (Å²) in [6.45, 7) is 4.21. The molecule has 1 unspecified atom stereocenters. The number of aliphatic hydroxyl groups excluding tert-OH is 1. The van der Waals surface area contributed by atoms with Crippen LogP contribution in [-0.2, 0) is 4.79 Å². The quantitative estimate of drug-likeness (QED) is 0.399. The SMILES string of the molecule is CC(=N)/C(=C\O)C(=O)N1CCCC1C. The van der Waals surface area contributed by atoms with Crippen LogP contribution in [0.15, 0.2) is 11.8 Å². The molecule has 4 heteroatoms. The van der Waals surface area contributed by atoms with Gasteiger partial charge in [0.1, 0.15) is 0 Å². The van der Waals surface area contributed by atoms with Crippen LogP contribution in [0.4, 0.5) is 0 Å². The van der Waals surface area contributed by atoms with Crippen molar-refractivity contribution in [3.8, 4) is 0 Å². The van der Waals surface area contributed by atoms with Gasteiger partial charge in [-0.05, 0) is 26.7 Å². The number of nitrogens with zero attached hydrogens (tertiary/aromatic N) is 1. The largest absolute Gasteiger partial charge is 0.515 e. The van der Waals surface area contributed by atoms with Gasteiger partial charge in [-0.1, -0.05) is 0 Å². The molecule has 0 spiro atoms. The number of aliphatic hydroxyl groups is 1. The molecule has 1 atom stereocenters. The first-order valence-electron chi connectivity index (χ1n) is 4.78. The van der Waals surface area contributed by atoms with Crippen LogP contribution in [0, 0.1) is 5.41 Å². The molecule has 0 bridgehead atoms. The summed E-state index contributed by atoms with van der Waals surface area (Å²) in [6.07, 6.45) is 2.74. The second kappa shape index (κ2) is 4.26. The fraction of sp³-hybridized carbons (Fsp3) is 0.600. The van der Waals surface area contributed by atoms with E-state index in [4.69, 9.17) is 10.5 Å². The summed E-state index contributed by atoms with van der Waals surface area (Å²) < 4.78 is 0. The Bertz CT molecular complexity index is 284. The van der Waals surface area contributed by atoms with Gasteiger partial charge in [0, 0.05) is 18.3 Å². The molecule has 0 aromatic carbocycles. The highest BCUT2D eigenvalue weighted by Gasteiger charge is 2.28. The lowest BCUT2D eigenvalue weighted by molar-refractivity contribution is -0.127. The van der Waals surface area contributed by atoms with Crippen LogP contribution in [0.3, 0.4) is 0 Å². The predicted octanol–water partition coefficient (Wildman–Crippen LogP) is 1.48. The van der Waals surface area contributed by atoms with Crippen LogP contribution in [-0.4, -0.2) is 34.2 Å². The Hall–Kier alpha value is -1.32. The molecule has 78 valence electrons. The second-order valence-electron chi connectivity index (χ2n) is 3.66. The van der Waals surface area contributed by atoms with Gasteiger partial charge in [0.05, 0.1) is 11.8 Å². The van der Waals surface area contributed by atoms with E-state index in [0.29, 0.717) is 0 Å². The number of carbonyl (C=O) groups is 1. The first-order chi connectivity index (χ1) is 6.57. The Morgan fingerprint density at radius 1 is 1.64 bits per heavy atom. The van der Waals surface area contributed by atoms with Crippen LogP contribution in [0.2, 0.25) is 0 Å². The summed E-state index contributed by atoms with van der Waals surface area (Å²) in [5, 5.41) is 16.2. The molecule has 1 saturated heterocycles. The van der Waals surface area contributed by atoms with Crippen molar-refractivity contribution in [1.82, 2.24) is 4.90 Å². The van der Waals surface area contributed by atoms with E-state index < -0.39 is 0 Å². The smallest absolute Gasteiger partial charge is 0.259 e. The van der Waals surface area contributed by atoms with Gasteiger partial charge in [0.25, 0.3) is 5.91 Å². The Kier molecular flexibility index (Phi) is 3.28. The third kappa shape index (κ3) is 1.95. The van der Waals surface area contributed by atoms with Crippen molar-refractivity contribution < 1.29 is 9.90 Å². The topological polar surface area (TPSA) is 64.4 Å². The maximum absolute atomic E-state index is 11.8. The van der Waals surface area contributed by atoms with Gasteiger partial charge in [0.15, 0.2) is 0 Å². The zero-order valence-electron chi connectivity index (χ0n) is 8.58. The van der Waals surface area contributed by atoms with Crippen LogP contribution in [0.5, 0.6) is 0 Å². The van der Waals surface area contributed by atoms with Gasteiger partial charge >= 0.3 is 0 Å². The van der Waals surface area contributed by atoms with Gasteiger partial charge in [0.2, 0.25) is 0 Å². The van der Waals surface area contributed by atoms with Crippen molar-refractivity contribution in [2.75, 3.05) is 6.54 Å². The lowest BCUT2D eigenvalue weighted by atomic mass is 10.1. The highest BCUT2D eigenvalue weighted by Crippen LogP contribution is 2.19. The third-order valence-electron chi connectivity index (χ3n) is 2.58. The van der Waals surface area contributed by atoms with E-state index in [0.717, 1.165) is 25.6 Å². The monoisotopic (exact) mass is 196 g/mol. The maximum atomic E-state index is 11.8. The number of rotatable bonds is 2. The first kappa shape index (κ1) is 10.8. The molecule has 0 aromatic rings. The summed E-state index contributed by atoms with van der Waals surface area (Å²) in [4.78, 5) is 13.5.